The fourth-order valence-electron chi connectivity index (χ4n) is 2.17. The molecule has 0 unspecified atom stereocenters. The monoisotopic (exact) mass is 297 g/mol. The first-order valence-corrected chi connectivity index (χ1v) is 7.83. The van der Waals surface area contributed by atoms with E-state index in [0.29, 0.717) is 24.2 Å². The van der Waals surface area contributed by atoms with Crippen molar-refractivity contribution in [2.45, 2.75) is 23.3 Å². The summed E-state index contributed by atoms with van der Waals surface area (Å²) in [5, 5.41) is 0. The highest BCUT2D eigenvalue weighted by molar-refractivity contribution is 7.90. The predicted octanol–water partition coefficient (Wildman–Crippen LogP) is 1.43. The van der Waals surface area contributed by atoms with E-state index in [2.05, 4.69) is 4.99 Å². The summed E-state index contributed by atoms with van der Waals surface area (Å²) in [5.41, 5.74) is -0.0104. The van der Waals surface area contributed by atoms with Crippen LogP contribution in [0.5, 0.6) is 11.5 Å². The Morgan fingerprint density at radius 1 is 1.20 bits per heavy atom. The van der Waals surface area contributed by atoms with Crippen molar-refractivity contribution in [3.05, 3.63) is 17.7 Å². The third-order valence-corrected chi connectivity index (χ3v) is 4.49. The van der Waals surface area contributed by atoms with Crippen LogP contribution in [0.2, 0.25) is 0 Å². The zero-order chi connectivity index (χ0) is 15.0. The number of rotatable bonds is 5. The Morgan fingerprint density at radius 3 is 2.20 bits per heavy atom. The summed E-state index contributed by atoms with van der Waals surface area (Å²) in [6.07, 6.45) is 4.05. The molecule has 2 rings (SSSR count). The Hall–Kier alpha value is -1.85. The summed E-state index contributed by atoms with van der Waals surface area (Å²) in [6.45, 7) is 0. The van der Waals surface area contributed by atoms with Crippen LogP contribution in [0.25, 0.3) is 0 Å². The van der Waals surface area contributed by atoms with Crippen LogP contribution in [0, 0.1) is 0 Å². The normalized spacial score (nSPS) is 16.1. The molecule has 20 heavy (non-hydrogen) atoms. The van der Waals surface area contributed by atoms with E-state index < -0.39 is 15.4 Å². The maximum atomic E-state index is 11.8. The van der Waals surface area contributed by atoms with Crippen molar-refractivity contribution in [2.24, 2.45) is 4.99 Å². The van der Waals surface area contributed by atoms with Crippen LogP contribution in [0.3, 0.4) is 0 Å². The van der Waals surface area contributed by atoms with Gasteiger partial charge in [0.15, 0.2) is 9.84 Å². The molecule has 0 bridgehead atoms. The second-order valence-corrected chi connectivity index (χ2v) is 6.69. The molecule has 1 aromatic carbocycles. The van der Waals surface area contributed by atoms with Crippen LogP contribution >= 0.6 is 0 Å². The van der Waals surface area contributed by atoms with Crippen molar-refractivity contribution in [1.82, 2.24) is 0 Å². The molecule has 0 N–H and O–H groups in total. The van der Waals surface area contributed by atoms with E-state index >= 15 is 0 Å². The molecule has 7 heteroatoms. The van der Waals surface area contributed by atoms with E-state index in [1.54, 1.807) is 12.1 Å². The van der Waals surface area contributed by atoms with Gasteiger partial charge in [-0.05, 0) is 18.9 Å². The zero-order valence-electron chi connectivity index (χ0n) is 11.5. The molecule has 0 spiro atoms. The van der Waals surface area contributed by atoms with Gasteiger partial charge in [0, 0.05) is 17.9 Å². The van der Waals surface area contributed by atoms with Gasteiger partial charge >= 0.3 is 0 Å². The minimum Gasteiger partial charge on any atom is -0.496 e. The Balaban J connectivity index is 2.69. The number of benzene rings is 1. The second-order valence-electron chi connectivity index (χ2n) is 4.71. The van der Waals surface area contributed by atoms with Gasteiger partial charge in [0.25, 0.3) is 0 Å². The van der Waals surface area contributed by atoms with Gasteiger partial charge in [-0.2, -0.15) is 4.99 Å². The lowest BCUT2D eigenvalue weighted by Crippen LogP contribution is -2.09. The van der Waals surface area contributed by atoms with Gasteiger partial charge in [0.05, 0.1) is 14.2 Å². The van der Waals surface area contributed by atoms with E-state index in [1.807, 2.05) is 0 Å². The van der Waals surface area contributed by atoms with Gasteiger partial charge in [-0.1, -0.05) is 0 Å². The highest BCUT2D eigenvalue weighted by Gasteiger charge is 2.47. The van der Waals surface area contributed by atoms with Gasteiger partial charge in [0.1, 0.15) is 21.9 Å². The van der Waals surface area contributed by atoms with Crippen LogP contribution in [-0.4, -0.2) is 35.0 Å². The first-order chi connectivity index (χ1) is 9.38. The summed E-state index contributed by atoms with van der Waals surface area (Å²) < 4.78 is 33.9. The van der Waals surface area contributed by atoms with E-state index in [9.17, 15) is 13.2 Å². The molecule has 1 fully saturated rings. The fraction of sp³-hybridized carbons (Fsp3) is 0.462. The molecule has 0 amide bonds. The summed E-state index contributed by atoms with van der Waals surface area (Å²) in [5.74, 6) is 0.596. The fourth-order valence-corrected chi connectivity index (χ4v) is 3.00. The molecule has 1 aliphatic rings. The highest BCUT2D eigenvalue weighted by Crippen LogP contribution is 2.53. The van der Waals surface area contributed by atoms with Gasteiger partial charge in [-0.25, -0.2) is 13.2 Å². The zero-order valence-corrected chi connectivity index (χ0v) is 12.3. The lowest BCUT2D eigenvalue weighted by atomic mass is 10.0. The average molecular weight is 297 g/mol. The minimum absolute atomic E-state index is 0.0477. The molecule has 0 saturated heterocycles. The van der Waals surface area contributed by atoms with Crippen LogP contribution in [0.15, 0.2) is 22.0 Å². The smallest absolute Gasteiger partial charge is 0.235 e. The summed E-state index contributed by atoms with van der Waals surface area (Å²) in [4.78, 5) is 14.4. The number of ether oxygens (including phenoxy) is 2. The van der Waals surface area contributed by atoms with Crippen LogP contribution < -0.4 is 9.47 Å². The first kappa shape index (κ1) is 14.6. The average Bonchev–Trinajstić information content (AvgIpc) is 3.17. The number of hydrogen-bond acceptors (Lipinski definition) is 6. The SMILES string of the molecule is COc1cc(S(C)(=O)=O)c(OC)cc1C1(N=C=O)CC1. The first-order valence-electron chi connectivity index (χ1n) is 5.93. The largest absolute Gasteiger partial charge is 0.496 e. The Labute approximate surface area is 117 Å². The molecule has 0 atom stereocenters. The van der Waals surface area contributed by atoms with Crippen LogP contribution in [0.1, 0.15) is 18.4 Å². The maximum absolute atomic E-state index is 11.8. The third kappa shape index (κ3) is 2.42. The van der Waals surface area contributed by atoms with Crippen molar-refractivity contribution in [2.75, 3.05) is 20.5 Å². The second kappa shape index (κ2) is 4.92. The Kier molecular flexibility index (Phi) is 3.58. The molecule has 0 radical (unpaired) electrons. The van der Waals surface area contributed by atoms with Gasteiger partial charge in [0.2, 0.25) is 6.08 Å². The van der Waals surface area contributed by atoms with E-state index in [1.165, 1.54) is 20.3 Å². The lowest BCUT2D eigenvalue weighted by Gasteiger charge is -2.17. The minimum atomic E-state index is -3.45. The van der Waals surface area contributed by atoms with Crippen molar-refractivity contribution in [1.29, 1.82) is 0 Å². The molecule has 1 saturated carbocycles. The predicted molar refractivity (Wildman–Crippen MR) is 71.7 cm³/mol. The number of methoxy groups -OCH3 is 2. The number of hydrogen-bond donors (Lipinski definition) is 0. The molecule has 108 valence electrons. The van der Waals surface area contributed by atoms with Crippen molar-refractivity contribution < 1.29 is 22.7 Å². The molecule has 1 aliphatic carbocycles. The number of nitrogens with zero attached hydrogens (tertiary/aromatic N) is 1. The molecular weight excluding hydrogens is 282 g/mol. The molecule has 6 nitrogen and oxygen atoms in total. The molecular formula is C13H15NO5S. The molecule has 1 aromatic rings. The van der Waals surface area contributed by atoms with E-state index in [-0.39, 0.29) is 10.6 Å². The van der Waals surface area contributed by atoms with Crippen LogP contribution in [0.4, 0.5) is 0 Å². The maximum Gasteiger partial charge on any atom is 0.235 e. The van der Waals surface area contributed by atoms with Crippen LogP contribution in [-0.2, 0) is 20.2 Å². The number of carbonyl (C=O) groups excluding carboxylic acids is 1. The molecule has 0 aromatic heterocycles. The standard InChI is InChI=1S/C13H15NO5S/c1-18-10-7-12(20(3,16)17)11(19-2)6-9(10)13(4-5-13)14-8-15/h6-7H,4-5H2,1-3H3. The number of sulfone groups is 1. The molecule has 0 aliphatic heterocycles. The Morgan fingerprint density at radius 2 is 1.80 bits per heavy atom. The third-order valence-electron chi connectivity index (χ3n) is 3.37. The van der Waals surface area contributed by atoms with Gasteiger partial charge in [-0.3, -0.25) is 0 Å². The molecule has 0 heterocycles. The quantitative estimate of drug-likeness (QED) is 0.606. The summed E-state index contributed by atoms with van der Waals surface area (Å²) in [6, 6.07) is 2.98. The summed E-state index contributed by atoms with van der Waals surface area (Å²) >= 11 is 0. The van der Waals surface area contributed by atoms with Crippen molar-refractivity contribution in [3.63, 3.8) is 0 Å². The Bertz CT molecular complexity index is 685. The van der Waals surface area contributed by atoms with Crippen molar-refractivity contribution in [3.8, 4) is 11.5 Å². The number of isocyanates is 1. The number of aliphatic imine (C=N–C) groups is 1. The van der Waals surface area contributed by atoms with E-state index in [0.717, 1.165) is 6.26 Å². The van der Waals surface area contributed by atoms with Gasteiger partial charge < -0.3 is 9.47 Å². The van der Waals surface area contributed by atoms with Crippen molar-refractivity contribution >= 4 is 15.9 Å². The van der Waals surface area contributed by atoms with Gasteiger partial charge in [-0.15, -0.1) is 0 Å². The summed E-state index contributed by atoms with van der Waals surface area (Å²) in [7, 11) is -0.611. The van der Waals surface area contributed by atoms with E-state index in [4.69, 9.17) is 9.47 Å². The lowest BCUT2D eigenvalue weighted by molar-refractivity contribution is 0.385. The highest BCUT2D eigenvalue weighted by atomic mass is 32.2. The topological polar surface area (TPSA) is 82.0 Å².